The number of urea groups is 1. The molecule has 52 heavy (non-hydrogen) atoms. The monoisotopic (exact) mass is 727 g/mol. The van der Waals surface area contributed by atoms with Crippen LogP contribution < -0.4 is 10.1 Å². The highest BCUT2D eigenvalue weighted by Gasteiger charge is 2.60. The second-order valence-electron chi connectivity index (χ2n) is 14.5. The van der Waals surface area contributed by atoms with Crippen molar-refractivity contribution >= 4 is 17.9 Å². The van der Waals surface area contributed by atoms with Gasteiger partial charge in [0, 0.05) is 11.1 Å². The number of amides is 3. The number of hydroxylamine groups is 2. The minimum absolute atomic E-state index is 0.0106. The first-order chi connectivity index (χ1) is 24.7. The van der Waals surface area contributed by atoms with Gasteiger partial charge in [0.2, 0.25) is 11.7 Å². The lowest BCUT2D eigenvalue weighted by atomic mass is 9.86. The number of rotatable bonds is 14. The number of benzene rings is 2. The topological polar surface area (TPSA) is 127 Å². The number of imide groups is 1. The third-order valence-corrected chi connectivity index (χ3v) is 9.75. The van der Waals surface area contributed by atoms with Crippen LogP contribution in [0.1, 0.15) is 109 Å². The molecular weight excluding hydrogens is 679 g/mol. The fourth-order valence-corrected chi connectivity index (χ4v) is 6.73. The Hall–Kier alpha value is -4.46. The zero-order valence-electron chi connectivity index (χ0n) is 30.5. The van der Waals surface area contributed by atoms with Gasteiger partial charge in [-0.15, -0.1) is 5.06 Å². The van der Waals surface area contributed by atoms with Gasteiger partial charge in [-0.05, 0) is 68.5 Å². The summed E-state index contributed by atoms with van der Waals surface area (Å²) in [6, 6.07) is 9.53. The van der Waals surface area contributed by atoms with E-state index in [1.807, 2.05) is 33.8 Å². The number of alkyl halides is 3. The molecule has 1 atom stereocenters. The molecule has 3 aromatic rings. The van der Waals surface area contributed by atoms with Gasteiger partial charge in [0.15, 0.2) is 5.54 Å². The van der Waals surface area contributed by atoms with Crippen LogP contribution in [-0.2, 0) is 32.6 Å². The second-order valence-corrected chi connectivity index (χ2v) is 14.5. The lowest BCUT2D eigenvalue weighted by Gasteiger charge is -2.36. The van der Waals surface area contributed by atoms with Gasteiger partial charge in [-0.2, -0.15) is 18.2 Å². The first-order valence-corrected chi connectivity index (χ1v) is 18.1. The number of carbonyl (C=O) groups excluding carboxylic acids is 3. The van der Waals surface area contributed by atoms with E-state index >= 15 is 0 Å². The summed E-state index contributed by atoms with van der Waals surface area (Å²) in [4.78, 5) is 51.9. The Balaban J connectivity index is 1.35. The highest BCUT2D eigenvalue weighted by Crippen LogP contribution is 2.43. The van der Waals surface area contributed by atoms with Gasteiger partial charge < -0.3 is 19.4 Å². The van der Waals surface area contributed by atoms with Gasteiger partial charge in [-0.25, -0.2) is 14.5 Å². The molecule has 2 aliphatic heterocycles. The van der Waals surface area contributed by atoms with E-state index in [1.165, 1.54) is 12.1 Å². The molecule has 1 N–H and O–H groups in total. The van der Waals surface area contributed by atoms with E-state index in [2.05, 4.69) is 22.4 Å². The van der Waals surface area contributed by atoms with E-state index in [0.717, 1.165) is 53.7 Å². The minimum Gasteiger partial charge on any atom is -0.456 e. The van der Waals surface area contributed by atoms with Crippen LogP contribution in [-0.4, -0.2) is 56.6 Å². The average molecular weight is 728 g/mol. The van der Waals surface area contributed by atoms with Gasteiger partial charge in [0.1, 0.15) is 18.0 Å². The van der Waals surface area contributed by atoms with E-state index in [9.17, 15) is 27.6 Å². The number of nitrogens with zero attached hydrogens (tertiary/aromatic N) is 4. The summed E-state index contributed by atoms with van der Waals surface area (Å²) in [5.41, 5.74) is -2.09. The van der Waals surface area contributed by atoms with Gasteiger partial charge in [-0.3, -0.25) is 4.79 Å². The maximum Gasteiger partial charge on any atom is 0.420 e. The Morgan fingerprint density at radius 1 is 0.981 bits per heavy atom. The highest BCUT2D eigenvalue weighted by atomic mass is 19.4. The number of aromatic nitrogens is 2. The Morgan fingerprint density at radius 3 is 2.35 bits per heavy atom. The maximum absolute atomic E-state index is 14.4. The number of hydrogen-bond acceptors (Lipinski definition) is 9. The smallest absolute Gasteiger partial charge is 0.420 e. The van der Waals surface area contributed by atoms with Crippen molar-refractivity contribution in [3.8, 4) is 22.9 Å². The fourth-order valence-electron chi connectivity index (χ4n) is 6.73. The zero-order chi connectivity index (χ0) is 37.7. The number of piperidine rings is 1. The number of hydrogen-bond donors (Lipinski definition) is 1. The SMILES string of the molecule is CCCCCCCC(CC)C(=O)ON1C(=O)N(Cc2nc(-c3ccc(Oc4ccccc4C(C)(C)C)c(C(F)(F)F)c3)no2)C(=O)C12CCNCC2. The summed E-state index contributed by atoms with van der Waals surface area (Å²) in [5, 5.41) is 7.95. The average Bonchev–Trinajstić information content (AvgIpc) is 3.64. The van der Waals surface area contributed by atoms with Crippen molar-refractivity contribution in [2.24, 2.45) is 5.92 Å². The summed E-state index contributed by atoms with van der Waals surface area (Å²) in [5.74, 6) is -2.01. The van der Waals surface area contributed by atoms with Gasteiger partial charge >= 0.3 is 18.2 Å². The molecule has 2 aliphatic rings. The lowest BCUT2D eigenvalue weighted by molar-refractivity contribution is -0.201. The molecule has 1 unspecified atom stereocenters. The molecule has 2 saturated heterocycles. The molecule has 1 spiro atoms. The van der Waals surface area contributed by atoms with E-state index in [0.29, 0.717) is 31.7 Å². The van der Waals surface area contributed by atoms with Gasteiger partial charge in [0.05, 0.1) is 11.5 Å². The van der Waals surface area contributed by atoms with E-state index in [-0.39, 0.29) is 35.5 Å². The second kappa shape index (κ2) is 16.1. The summed E-state index contributed by atoms with van der Waals surface area (Å²) in [6.07, 6.45) is 1.98. The predicted molar refractivity (Wildman–Crippen MR) is 186 cm³/mol. The Labute approximate surface area is 302 Å². The highest BCUT2D eigenvalue weighted by molar-refractivity contribution is 6.06. The molecule has 2 fully saturated rings. The number of halogens is 3. The van der Waals surface area contributed by atoms with Crippen LogP contribution in [0, 0.1) is 5.92 Å². The lowest BCUT2D eigenvalue weighted by Crippen LogP contribution is -2.56. The molecule has 0 aliphatic carbocycles. The Kier molecular flexibility index (Phi) is 12.0. The van der Waals surface area contributed by atoms with Gasteiger partial charge in [-0.1, -0.05) is 90.1 Å². The van der Waals surface area contributed by atoms with E-state index < -0.39 is 53.4 Å². The molecule has 0 radical (unpaired) electrons. The molecule has 3 amide bonds. The van der Waals surface area contributed by atoms with Crippen molar-refractivity contribution in [3.05, 3.63) is 59.5 Å². The number of carbonyl (C=O) groups is 3. The van der Waals surface area contributed by atoms with Crippen molar-refractivity contribution in [1.29, 1.82) is 0 Å². The third kappa shape index (κ3) is 8.43. The number of ether oxygens (including phenoxy) is 1. The van der Waals surface area contributed by atoms with Crippen molar-refractivity contribution in [3.63, 3.8) is 0 Å². The molecule has 5 rings (SSSR count). The first-order valence-electron chi connectivity index (χ1n) is 18.1. The van der Waals surface area contributed by atoms with Gasteiger partial charge in [0.25, 0.3) is 5.91 Å². The fraction of sp³-hybridized carbons (Fsp3) is 0.553. The summed E-state index contributed by atoms with van der Waals surface area (Å²) in [7, 11) is 0. The van der Waals surface area contributed by atoms with Crippen molar-refractivity contribution in [2.75, 3.05) is 13.1 Å². The molecule has 14 heteroatoms. The zero-order valence-corrected chi connectivity index (χ0v) is 30.5. The molecule has 0 saturated carbocycles. The van der Waals surface area contributed by atoms with Crippen molar-refractivity contribution < 1.29 is 41.7 Å². The summed E-state index contributed by atoms with van der Waals surface area (Å²) < 4.78 is 54.2. The minimum atomic E-state index is -4.78. The Bertz CT molecular complexity index is 1730. The third-order valence-electron chi connectivity index (χ3n) is 9.75. The normalized spacial score (nSPS) is 16.8. The van der Waals surface area contributed by atoms with Crippen molar-refractivity contribution in [2.45, 2.75) is 116 Å². The molecular formula is C38H48F3N5O6. The van der Waals surface area contributed by atoms with Crippen LogP contribution in [0.5, 0.6) is 11.5 Å². The van der Waals surface area contributed by atoms with Crippen LogP contribution in [0.3, 0.4) is 0 Å². The molecule has 3 heterocycles. The van der Waals surface area contributed by atoms with Crippen LogP contribution in [0.15, 0.2) is 47.0 Å². The van der Waals surface area contributed by atoms with Crippen LogP contribution >= 0.6 is 0 Å². The van der Waals surface area contributed by atoms with Crippen LogP contribution in [0.4, 0.5) is 18.0 Å². The number of unbranched alkanes of at least 4 members (excludes halogenated alkanes) is 4. The summed E-state index contributed by atoms with van der Waals surface area (Å²) in [6.45, 7) is 10.2. The van der Waals surface area contributed by atoms with Crippen molar-refractivity contribution in [1.82, 2.24) is 25.4 Å². The standard InChI is InChI=1S/C38H48F3N5O6/c1-6-8-9-10-11-14-25(7-2)33(47)52-46-35(49)45(34(48)37(46)19-21-42-22-20-37)24-31-43-32(44-51-31)26-17-18-30(28(23-26)38(39,40)41)50-29-16-13-12-15-27(29)36(3,4)5/h12-13,15-18,23,25,42H,6-11,14,19-22,24H2,1-5H3. The molecule has 11 nitrogen and oxygen atoms in total. The Morgan fingerprint density at radius 2 is 1.67 bits per heavy atom. The number of para-hydroxylation sites is 1. The maximum atomic E-state index is 14.4. The van der Waals surface area contributed by atoms with E-state index in [1.54, 1.807) is 18.2 Å². The van der Waals surface area contributed by atoms with E-state index in [4.69, 9.17) is 14.1 Å². The van der Waals surface area contributed by atoms with Crippen LogP contribution in [0.25, 0.3) is 11.4 Å². The molecule has 1 aromatic heterocycles. The molecule has 2 aromatic carbocycles. The molecule has 282 valence electrons. The largest absolute Gasteiger partial charge is 0.456 e. The van der Waals surface area contributed by atoms with Crippen LogP contribution in [0.2, 0.25) is 0 Å². The first kappa shape index (κ1) is 38.8. The molecule has 0 bridgehead atoms. The predicted octanol–water partition coefficient (Wildman–Crippen LogP) is 8.58. The number of nitrogens with one attached hydrogen (secondary N) is 1. The summed E-state index contributed by atoms with van der Waals surface area (Å²) >= 11 is 0. The quantitative estimate of drug-likeness (QED) is 0.128.